The first-order chi connectivity index (χ1) is 7.04. The highest BCUT2D eigenvalue weighted by Gasteiger charge is 2.08. The van der Waals surface area contributed by atoms with Crippen molar-refractivity contribution in [3.05, 3.63) is 25.7 Å². The minimum absolute atomic E-state index is 0.218. The van der Waals surface area contributed by atoms with Crippen molar-refractivity contribution in [1.29, 1.82) is 0 Å². The summed E-state index contributed by atoms with van der Waals surface area (Å²) in [5, 5.41) is 0. The largest absolute Gasteiger partial charge is 0.466 e. The molecule has 0 saturated heterocycles. The topological polar surface area (TPSA) is 52.3 Å². The van der Waals surface area contributed by atoms with Gasteiger partial charge in [-0.05, 0) is 63.1 Å². The van der Waals surface area contributed by atoms with E-state index in [-0.39, 0.29) is 12.4 Å². The molecule has 0 aliphatic rings. The molecular formula is C10H11BrINO2. The zero-order valence-corrected chi connectivity index (χ0v) is 12.0. The molecule has 0 radical (unpaired) electrons. The Bertz CT molecular complexity index is 359. The number of anilines is 1. The number of benzene rings is 1. The summed E-state index contributed by atoms with van der Waals surface area (Å²) >= 11 is 5.48. The smallest absolute Gasteiger partial charge is 0.310 e. The number of halogens is 2. The molecular weight excluding hydrogens is 373 g/mol. The molecule has 1 aromatic carbocycles. The summed E-state index contributed by atoms with van der Waals surface area (Å²) in [7, 11) is 0. The zero-order chi connectivity index (χ0) is 11.4. The van der Waals surface area contributed by atoms with Gasteiger partial charge in [-0.3, -0.25) is 4.79 Å². The summed E-state index contributed by atoms with van der Waals surface area (Å²) in [4.78, 5) is 11.2. The molecule has 82 valence electrons. The van der Waals surface area contributed by atoms with E-state index in [4.69, 9.17) is 10.5 Å². The Labute approximate surface area is 111 Å². The summed E-state index contributed by atoms with van der Waals surface area (Å²) in [6, 6.07) is 3.73. The van der Waals surface area contributed by atoms with Gasteiger partial charge < -0.3 is 10.5 Å². The van der Waals surface area contributed by atoms with Crippen LogP contribution in [0.5, 0.6) is 0 Å². The Morgan fingerprint density at radius 2 is 2.27 bits per heavy atom. The van der Waals surface area contributed by atoms with E-state index in [1.165, 1.54) is 0 Å². The van der Waals surface area contributed by atoms with Crippen LogP contribution in [0.3, 0.4) is 0 Å². The van der Waals surface area contributed by atoms with Gasteiger partial charge in [0.2, 0.25) is 0 Å². The first-order valence-corrected chi connectivity index (χ1v) is 6.30. The number of carbonyl (C=O) groups is 1. The van der Waals surface area contributed by atoms with Crippen molar-refractivity contribution in [2.24, 2.45) is 0 Å². The third kappa shape index (κ3) is 3.64. The van der Waals surface area contributed by atoms with Gasteiger partial charge in [-0.2, -0.15) is 0 Å². The van der Waals surface area contributed by atoms with Crippen LogP contribution in [0.2, 0.25) is 0 Å². The molecule has 3 nitrogen and oxygen atoms in total. The van der Waals surface area contributed by atoms with Gasteiger partial charge in [0.1, 0.15) is 0 Å². The third-order valence-corrected chi connectivity index (χ3v) is 3.34. The summed E-state index contributed by atoms with van der Waals surface area (Å²) in [5.41, 5.74) is 7.37. The maximum Gasteiger partial charge on any atom is 0.310 e. The molecule has 0 atom stereocenters. The van der Waals surface area contributed by atoms with Gasteiger partial charge in [0.05, 0.1) is 18.7 Å². The molecule has 0 aliphatic heterocycles. The fraction of sp³-hybridized carbons (Fsp3) is 0.300. The lowest BCUT2D eigenvalue weighted by molar-refractivity contribution is -0.142. The Hall–Kier alpha value is -0.300. The van der Waals surface area contributed by atoms with Crippen LogP contribution < -0.4 is 5.73 Å². The quantitative estimate of drug-likeness (QED) is 0.496. The maximum atomic E-state index is 11.2. The van der Waals surface area contributed by atoms with E-state index < -0.39 is 0 Å². The van der Waals surface area contributed by atoms with Gasteiger partial charge in [-0.15, -0.1) is 0 Å². The van der Waals surface area contributed by atoms with Gasteiger partial charge in [-0.25, -0.2) is 0 Å². The van der Waals surface area contributed by atoms with Gasteiger partial charge in [0, 0.05) is 8.04 Å². The van der Waals surface area contributed by atoms with Crippen LogP contribution >= 0.6 is 38.5 Å². The standard InChI is InChI=1S/C10H11BrINO2/c1-2-15-9(14)5-6-3-7(11)10(13)8(12)4-6/h3-4H,2,5,13H2,1H3. The molecule has 15 heavy (non-hydrogen) atoms. The van der Waals surface area contributed by atoms with Crippen molar-refractivity contribution in [2.45, 2.75) is 13.3 Å². The van der Waals surface area contributed by atoms with E-state index in [1.54, 1.807) is 6.92 Å². The van der Waals surface area contributed by atoms with Crippen LogP contribution in [0, 0.1) is 3.57 Å². The first-order valence-electron chi connectivity index (χ1n) is 4.43. The molecule has 0 heterocycles. The normalized spacial score (nSPS) is 10.1. The summed E-state index contributed by atoms with van der Waals surface area (Å²) in [6.45, 7) is 2.20. The van der Waals surface area contributed by atoms with Crippen LogP contribution in [0.15, 0.2) is 16.6 Å². The molecule has 0 aromatic heterocycles. The third-order valence-electron chi connectivity index (χ3n) is 1.79. The number of hydrogen-bond donors (Lipinski definition) is 1. The number of nitrogens with two attached hydrogens (primary N) is 1. The summed E-state index contributed by atoms with van der Waals surface area (Å²) in [5.74, 6) is -0.218. The maximum absolute atomic E-state index is 11.2. The van der Waals surface area contributed by atoms with Crippen LogP contribution in [0.4, 0.5) is 5.69 Å². The van der Waals surface area contributed by atoms with E-state index in [2.05, 4.69) is 38.5 Å². The molecule has 5 heteroatoms. The fourth-order valence-electron chi connectivity index (χ4n) is 1.12. The van der Waals surface area contributed by atoms with Crippen molar-refractivity contribution >= 4 is 50.2 Å². The molecule has 0 fully saturated rings. The average Bonchev–Trinajstić information content (AvgIpc) is 2.14. The lowest BCUT2D eigenvalue weighted by Gasteiger charge is -2.06. The molecule has 2 N–H and O–H groups in total. The van der Waals surface area contributed by atoms with Gasteiger partial charge >= 0.3 is 5.97 Å². The zero-order valence-electron chi connectivity index (χ0n) is 8.22. The lowest BCUT2D eigenvalue weighted by atomic mass is 10.1. The average molecular weight is 384 g/mol. The Morgan fingerprint density at radius 3 is 2.80 bits per heavy atom. The number of esters is 1. The molecule has 0 saturated carbocycles. The predicted molar refractivity (Wildman–Crippen MR) is 71.6 cm³/mol. The van der Waals surface area contributed by atoms with E-state index in [0.717, 1.165) is 13.6 Å². The molecule has 0 bridgehead atoms. The molecule has 1 rings (SSSR count). The highest BCUT2D eigenvalue weighted by molar-refractivity contribution is 14.1. The van der Waals surface area contributed by atoms with Crippen molar-refractivity contribution in [3.8, 4) is 0 Å². The Morgan fingerprint density at radius 1 is 1.60 bits per heavy atom. The fourth-order valence-corrected chi connectivity index (χ4v) is 2.69. The minimum atomic E-state index is -0.218. The highest BCUT2D eigenvalue weighted by atomic mass is 127. The van der Waals surface area contributed by atoms with E-state index in [1.807, 2.05) is 12.1 Å². The highest BCUT2D eigenvalue weighted by Crippen LogP contribution is 2.26. The number of nitrogen functional groups attached to an aromatic ring is 1. The number of carbonyl (C=O) groups excluding carboxylic acids is 1. The van der Waals surface area contributed by atoms with E-state index in [0.29, 0.717) is 12.3 Å². The summed E-state index contributed by atoms with van der Waals surface area (Å²) < 4.78 is 6.61. The Balaban J connectivity index is 2.83. The SMILES string of the molecule is CCOC(=O)Cc1cc(Br)c(N)c(I)c1. The number of hydrogen-bond acceptors (Lipinski definition) is 3. The Kier molecular flexibility index (Phi) is 4.85. The van der Waals surface area contributed by atoms with Crippen molar-refractivity contribution in [3.63, 3.8) is 0 Å². The van der Waals surface area contributed by atoms with Gasteiger partial charge in [-0.1, -0.05) is 0 Å². The first kappa shape index (κ1) is 12.8. The van der Waals surface area contributed by atoms with Crippen molar-refractivity contribution in [1.82, 2.24) is 0 Å². The monoisotopic (exact) mass is 383 g/mol. The predicted octanol–water partition coefficient (Wildman–Crippen LogP) is 2.74. The van der Waals surface area contributed by atoms with Crippen LogP contribution in [-0.4, -0.2) is 12.6 Å². The van der Waals surface area contributed by atoms with E-state index in [9.17, 15) is 4.79 Å². The van der Waals surface area contributed by atoms with Gasteiger partial charge in [0.25, 0.3) is 0 Å². The molecule has 0 spiro atoms. The van der Waals surface area contributed by atoms with Gasteiger partial charge in [0.15, 0.2) is 0 Å². The number of rotatable bonds is 3. The van der Waals surface area contributed by atoms with Crippen LogP contribution in [-0.2, 0) is 16.0 Å². The minimum Gasteiger partial charge on any atom is -0.466 e. The number of ether oxygens (including phenoxy) is 1. The molecule has 1 aromatic rings. The molecule has 0 aliphatic carbocycles. The van der Waals surface area contributed by atoms with Crippen molar-refractivity contribution < 1.29 is 9.53 Å². The van der Waals surface area contributed by atoms with Crippen LogP contribution in [0.25, 0.3) is 0 Å². The second-order valence-corrected chi connectivity index (χ2v) is 4.97. The van der Waals surface area contributed by atoms with Crippen LogP contribution in [0.1, 0.15) is 12.5 Å². The van der Waals surface area contributed by atoms with E-state index >= 15 is 0 Å². The molecule has 0 unspecified atom stereocenters. The second kappa shape index (κ2) is 5.69. The van der Waals surface area contributed by atoms with Crippen molar-refractivity contribution in [2.75, 3.05) is 12.3 Å². The second-order valence-electron chi connectivity index (χ2n) is 2.95. The lowest BCUT2D eigenvalue weighted by Crippen LogP contribution is -2.08. The molecule has 0 amide bonds. The summed E-state index contributed by atoms with van der Waals surface area (Å²) in [6.07, 6.45) is 0.280.